The lowest BCUT2D eigenvalue weighted by atomic mass is 9.85. The SMILES string of the molecule is CC(C)N(CCCCC(c1ccccc1)c1cc(C(=O)O)ccc1O)C(C)C. The van der Waals surface area contributed by atoms with Gasteiger partial charge in [0.05, 0.1) is 5.56 Å². The molecule has 0 aliphatic rings. The summed E-state index contributed by atoms with van der Waals surface area (Å²) in [6.45, 7) is 9.94. The van der Waals surface area contributed by atoms with Gasteiger partial charge in [0, 0.05) is 23.6 Å². The van der Waals surface area contributed by atoms with Crippen LogP contribution in [-0.2, 0) is 0 Å². The summed E-state index contributed by atoms with van der Waals surface area (Å²) in [5.41, 5.74) is 2.00. The van der Waals surface area contributed by atoms with E-state index in [2.05, 4.69) is 32.6 Å². The molecule has 0 heterocycles. The Morgan fingerprint density at radius 3 is 2.18 bits per heavy atom. The summed E-state index contributed by atoms with van der Waals surface area (Å²) >= 11 is 0. The second-order valence-corrected chi connectivity index (χ2v) is 7.96. The number of hydrogen-bond donors (Lipinski definition) is 2. The van der Waals surface area contributed by atoms with Gasteiger partial charge in [-0.25, -0.2) is 4.79 Å². The van der Waals surface area contributed by atoms with E-state index in [0.29, 0.717) is 17.6 Å². The fourth-order valence-corrected chi connectivity index (χ4v) is 3.91. The number of rotatable bonds is 10. The van der Waals surface area contributed by atoms with Crippen molar-refractivity contribution >= 4 is 5.97 Å². The van der Waals surface area contributed by atoms with Gasteiger partial charge in [0.2, 0.25) is 0 Å². The van der Waals surface area contributed by atoms with Crippen LogP contribution >= 0.6 is 0 Å². The van der Waals surface area contributed by atoms with Crippen molar-refractivity contribution in [3.05, 3.63) is 65.2 Å². The lowest BCUT2D eigenvalue weighted by molar-refractivity contribution is 0.0696. The first-order chi connectivity index (χ1) is 13.3. The van der Waals surface area contributed by atoms with Gasteiger partial charge in [-0.05, 0) is 70.8 Å². The van der Waals surface area contributed by atoms with Crippen LogP contribution in [0.4, 0.5) is 0 Å². The lowest BCUT2D eigenvalue weighted by Gasteiger charge is -2.30. The Morgan fingerprint density at radius 2 is 1.61 bits per heavy atom. The minimum atomic E-state index is -0.974. The normalized spacial score (nSPS) is 12.7. The number of nitrogens with zero attached hydrogens (tertiary/aromatic N) is 1. The number of aromatic hydroxyl groups is 1. The number of carboxylic acid groups (broad SMARTS) is 1. The molecule has 1 atom stereocenters. The van der Waals surface area contributed by atoms with Crippen LogP contribution in [0.15, 0.2) is 48.5 Å². The highest BCUT2D eigenvalue weighted by Gasteiger charge is 2.20. The van der Waals surface area contributed by atoms with Crippen LogP contribution in [0.2, 0.25) is 0 Å². The Labute approximate surface area is 168 Å². The Hall–Kier alpha value is -2.33. The van der Waals surface area contributed by atoms with E-state index in [1.807, 2.05) is 30.3 Å². The number of aromatic carboxylic acids is 1. The smallest absolute Gasteiger partial charge is 0.335 e. The van der Waals surface area contributed by atoms with E-state index < -0.39 is 5.97 Å². The molecule has 2 rings (SSSR count). The molecule has 152 valence electrons. The van der Waals surface area contributed by atoms with E-state index in [-0.39, 0.29) is 17.2 Å². The zero-order valence-corrected chi connectivity index (χ0v) is 17.4. The van der Waals surface area contributed by atoms with Crippen LogP contribution in [0.1, 0.15) is 74.4 Å². The Bertz CT molecular complexity index is 748. The lowest BCUT2D eigenvalue weighted by Crippen LogP contribution is -2.37. The first kappa shape index (κ1) is 22.0. The van der Waals surface area contributed by atoms with Gasteiger partial charge in [-0.1, -0.05) is 36.8 Å². The molecule has 4 nitrogen and oxygen atoms in total. The highest BCUT2D eigenvalue weighted by molar-refractivity contribution is 5.88. The number of benzene rings is 2. The Kier molecular flexibility index (Phi) is 8.06. The van der Waals surface area contributed by atoms with E-state index in [1.165, 1.54) is 12.1 Å². The van der Waals surface area contributed by atoms with E-state index in [1.54, 1.807) is 6.07 Å². The molecule has 2 N–H and O–H groups in total. The van der Waals surface area contributed by atoms with Crippen molar-refractivity contribution in [1.82, 2.24) is 4.90 Å². The molecule has 0 bridgehead atoms. The minimum Gasteiger partial charge on any atom is -0.508 e. The largest absolute Gasteiger partial charge is 0.508 e. The molecule has 0 aliphatic heterocycles. The van der Waals surface area contributed by atoms with E-state index >= 15 is 0 Å². The molecule has 4 heteroatoms. The molecule has 0 amide bonds. The molecule has 0 aromatic heterocycles. The fraction of sp³-hybridized carbons (Fsp3) is 0.458. The third-order valence-electron chi connectivity index (χ3n) is 5.34. The second kappa shape index (κ2) is 10.3. The van der Waals surface area contributed by atoms with Gasteiger partial charge in [0.15, 0.2) is 0 Å². The number of phenolic OH excluding ortho intramolecular Hbond substituents is 1. The maximum atomic E-state index is 11.4. The Balaban J connectivity index is 2.18. The molecule has 0 aliphatic carbocycles. The molecule has 2 aromatic carbocycles. The second-order valence-electron chi connectivity index (χ2n) is 7.96. The van der Waals surface area contributed by atoms with Crippen LogP contribution in [0.5, 0.6) is 5.75 Å². The summed E-state index contributed by atoms with van der Waals surface area (Å²) in [5.74, 6) is -0.838. The van der Waals surface area contributed by atoms with Crippen LogP contribution in [0.3, 0.4) is 0 Å². The average molecular weight is 384 g/mol. The summed E-state index contributed by atoms with van der Waals surface area (Å²) in [4.78, 5) is 13.9. The first-order valence-corrected chi connectivity index (χ1v) is 10.2. The predicted molar refractivity (Wildman–Crippen MR) is 114 cm³/mol. The predicted octanol–water partition coefficient (Wildman–Crippen LogP) is 5.51. The van der Waals surface area contributed by atoms with Crippen molar-refractivity contribution in [1.29, 1.82) is 0 Å². The van der Waals surface area contributed by atoms with Crippen LogP contribution < -0.4 is 0 Å². The number of carbonyl (C=O) groups is 1. The minimum absolute atomic E-state index is 0.0213. The van der Waals surface area contributed by atoms with Gasteiger partial charge < -0.3 is 10.2 Å². The summed E-state index contributed by atoms with van der Waals surface area (Å²) < 4.78 is 0. The summed E-state index contributed by atoms with van der Waals surface area (Å²) in [6, 6.07) is 15.6. The third kappa shape index (κ3) is 5.83. The molecule has 0 saturated carbocycles. The van der Waals surface area contributed by atoms with Crippen LogP contribution in [-0.4, -0.2) is 39.7 Å². The summed E-state index contributed by atoms with van der Waals surface area (Å²) in [5, 5.41) is 19.8. The fourth-order valence-electron chi connectivity index (χ4n) is 3.91. The van der Waals surface area contributed by atoms with Gasteiger partial charge in [-0.15, -0.1) is 0 Å². The van der Waals surface area contributed by atoms with Crippen molar-refractivity contribution in [3.63, 3.8) is 0 Å². The monoisotopic (exact) mass is 383 g/mol. The van der Waals surface area contributed by atoms with Crippen molar-refractivity contribution < 1.29 is 15.0 Å². The highest BCUT2D eigenvalue weighted by atomic mass is 16.4. The number of unbranched alkanes of at least 4 members (excludes halogenated alkanes) is 1. The van der Waals surface area contributed by atoms with Gasteiger partial charge in [0.25, 0.3) is 0 Å². The molecule has 2 aromatic rings. The average Bonchev–Trinajstić information content (AvgIpc) is 2.65. The number of carboxylic acids is 1. The van der Waals surface area contributed by atoms with E-state index in [4.69, 9.17) is 0 Å². The number of phenols is 1. The molecular weight excluding hydrogens is 350 g/mol. The van der Waals surface area contributed by atoms with Crippen LogP contribution in [0, 0.1) is 0 Å². The van der Waals surface area contributed by atoms with Crippen molar-refractivity contribution in [3.8, 4) is 5.75 Å². The van der Waals surface area contributed by atoms with E-state index in [0.717, 1.165) is 31.4 Å². The maximum absolute atomic E-state index is 11.4. The Morgan fingerprint density at radius 1 is 0.964 bits per heavy atom. The zero-order valence-electron chi connectivity index (χ0n) is 17.4. The third-order valence-corrected chi connectivity index (χ3v) is 5.34. The summed E-state index contributed by atoms with van der Waals surface area (Å²) in [6.07, 6.45) is 2.94. The molecule has 28 heavy (non-hydrogen) atoms. The first-order valence-electron chi connectivity index (χ1n) is 10.2. The highest BCUT2D eigenvalue weighted by Crippen LogP contribution is 2.35. The number of hydrogen-bond acceptors (Lipinski definition) is 3. The zero-order chi connectivity index (χ0) is 20.7. The standard InChI is InChI=1S/C24H33NO3/c1-17(2)25(18(3)4)15-9-8-12-21(19-10-6-5-7-11-19)22-16-20(24(27)28)13-14-23(22)26/h5-7,10-11,13-14,16-18,21,26H,8-9,12,15H2,1-4H3,(H,27,28). The quantitative estimate of drug-likeness (QED) is 0.531. The van der Waals surface area contributed by atoms with Gasteiger partial charge in [-0.3, -0.25) is 4.90 Å². The topological polar surface area (TPSA) is 60.8 Å². The molecule has 0 saturated heterocycles. The van der Waals surface area contributed by atoms with Crippen molar-refractivity contribution in [2.75, 3.05) is 6.54 Å². The molecular formula is C24H33NO3. The maximum Gasteiger partial charge on any atom is 0.335 e. The van der Waals surface area contributed by atoms with Crippen molar-refractivity contribution in [2.24, 2.45) is 0 Å². The van der Waals surface area contributed by atoms with Gasteiger partial charge in [0.1, 0.15) is 5.75 Å². The van der Waals surface area contributed by atoms with Gasteiger partial charge in [-0.2, -0.15) is 0 Å². The molecule has 1 unspecified atom stereocenters. The molecule has 0 spiro atoms. The van der Waals surface area contributed by atoms with E-state index in [9.17, 15) is 15.0 Å². The summed E-state index contributed by atoms with van der Waals surface area (Å²) in [7, 11) is 0. The molecule has 0 fully saturated rings. The van der Waals surface area contributed by atoms with Crippen molar-refractivity contribution in [2.45, 2.75) is 65.0 Å². The van der Waals surface area contributed by atoms with Gasteiger partial charge >= 0.3 is 5.97 Å². The molecule has 0 radical (unpaired) electrons. The van der Waals surface area contributed by atoms with Crippen LogP contribution in [0.25, 0.3) is 0 Å².